The first-order valence-electron chi connectivity index (χ1n) is 5.69. The summed E-state index contributed by atoms with van der Waals surface area (Å²) in [6.07, 6.45) is 4.06. The van der Waals surface area contributed by atoms with Crippen molar-refractivity contribution >= 4 is 11.3 Å². The van der Waals surface area contributed by atoms with Gasteiger partial charge in [-0.05, 0) is 50.6 Å². The lowest BCUT2D eigenvalue weighted by Crippen LogP contribution is -2.39. The lowest BCUT2D eigenvalue weighted by molar-refractivity contribution is -0.0398. The van der Waals surface area contributed by atoms with Gasteiger partial charge < -0.3 is 10.4 Å². The highest BCUT2D eigenvalue weighted by Crippen LogP contribution is 2.34. The molecule has 0 bridgehead atoms. The van der Waals surface area contributed by atoms with Crippen LogP contribution < -0.4 is 5.32 Å². The topological polar surface area (TPSA) is 32.3 Å². The van der Waals surface area contributed by atoms with Gasteiger partial charge in [-0.1, -0.05) is 6.07 Å². The molecule has 2 N–H and O–H groups in total. The highest BCUT2D eigenvalue weighted by molar-refractivity contribution is 7.10. The van der Waals surface area contributed by atoms with Crippen molar-refractivity contribution in [3.8, 4) is 0 Å². The molecule has 1 aliphatic rings. The zero-order valence-corrected chi connectivity index (χ0v) is 10.0. The summed E-state index contributed by atoms with van der Waals surface area (Å²) in [5.74, 6) is 0. The van der Waals surface area contributed by atoms with Crippen LogP contribution in [0.1, 0.15) is 43.5 Å². The maximum atomic E-state index is 9.92. The maximum Gasteiger partial charge on any atom is 0.0660 e. The highest BCUT2D eigenvalue weighted by Gasteiger charge is 2.33. The fourth-order valence-electron chi connectivity index (χ4n) is 1.99. The molecule has 0 radical (unpaired) electrons. The first kappa shape index (κ1) is 11.1. The molecular formula is C12H19NOS. The molecule has 2 rings (SSSR count). The van der Waals surface area contributed by atoms with Gasteiger partial charge in [0.1, 0.15) is 0 Å². The van der Waals surface area contributed by atoms with Crippen molar-refractivity contribution in [2.75, 3.05) is 6.54 Å². The minimum atomic E-state index is -0.345. The number of thiophene rings is 1. The predicted octanol–water partition coefficient (Wildman–Crippen LogP) is 2.70. The third kappa shape index (κ3) is 2.80. The summed E-state index contributed by atoms with van der Waals surface area (Å²) in [4.78, 5) is 1.37. The maximum absolute atomic E-state index is 9.92. The van der Waals surface area contributed by atoms with Crippen LogP contribution in [0.4, 0.5) is 0 Å². The van der Waals surface area contributed by atoms with E-state index in [2.05, 4.69) is 29.8 Å². The Morgan fingerprint density at radius 2 is 2.40 bits per heavy atom. The molecule has 1 aromatic rings. The molecule has 2 nitrogen and oxygen atoms in total. The SMILES string of the molecule is C[C@@H](NCCC1(O)CCC1)c1cccs1. The van der Waals surface area contributed by atoms with Gasteiger partial charge in [0.2, 0.25) is 0 Å². The molecule has 0 aliphatic heterocycles. The van der Waals surface area contributed by atoms with E-state index in [1.54, 1.807) is 11.3 Å². The van der Waals surface area contributed by atoms with Crippen molar-refractivity contribution < 1.29 is 5.11 Å². The van der Waals surface area contributed by atoms with E-state index >= 15 is 0 Å². The van der Waals surface area contributed by atoms with Gasteiger partial charge in [0.25, 0.3) is 0 Å². The van der Waals surface area contributed by atoms with Crippen molar-refractivity contribution in [2.24, 2.45) is 0 Å². The zero-order chi connectivity index (χ0) is 10.7. The molecule has 0 amide bonds. The first-order chi connectivity index (χ1) is 7.20. The molecule has 1 saturated carbocycles. The van der Waals surface area contributed by atoms with E-state index in [1.807, 2.05) is 0 Å². The van der Waals surface area contributed by atoms with Crippen LogP contribution in [-0.2, 0) is 0 Å². The van der Waals surface area contributed by atoms with E-state index in [9.17, 15) is 5.11 Å². The minimum Gasteiger partial charge on any atom is -0.390 e. The molecule has 1 atom stereocenters. The fourth-order valence-corrected chi connectivity index (χ4v) is 2.75. The Balaban J connectivity index is 1.69. The highest BCUT2D eigenvalue weighted by atomic mass is 32.1. The van der Waals surface area contributed by atoms with E-state index in [4.69, 9.17) is 0 Å². The quantitative estimate of drug-likeness (QED) is 0.807. The van der Waals surface area contributed by atoms with Gasteiger partial charge in [0.15, 0.2) is 0 Å². The van der Waals surface area contributed by atoms with Crippen LogP contribution in [0.2, 0.25) is 0 Å². The molecule has 0 spiro atoms. The van der Waals surface area contributed by atoms with Crippen molar-refractivity contribution in [3.05, 3.63) is 22.4 Å². The normalized spacial score (nSPS) is 20.9. The first-order valence-corrected chi connectivity index (χ1v) is 6.57. The number of hydrogen-bond acceptors (Lipinski definition) is 3. The van der Waals surface area contributed by atoms with Crippen LogP contribution >= 0.6 is 11.3 Å². The average molecular weight is 225 g/mol. The fraction of sp³-hybridized carbons (Fsp3) is 0.667. The van der Waals surface area contributed by atoms with Crippen LogP contribution in [-0.4, -0.2) is 17.3 Å². The van der Waals surface area contributed by atoms with Gasteiger partial charge in [0.05, 0.1) is 5.60 Å². The monoisotopic (exact) mass is 225 g/mol. The molecule has 0 aromatic carbocycles. The summed E-state index contributed by atoms with van der Waals surface area (Å²) in [7, 11) is 0. The summed E-state index contributed by atoms with van der Waals surface area (Å²) < 4.78 is 0. The van der Waals surface area contributed by atoms with Crippen molar-refractivity contribution in [2.45, 2.75) is 44.2 Å². The zero-order valence-electron chi connectivity index (χ0n) is 9.20. The second-order valence-electron chi connectivity index (χ2n) is 4.52. The summed E-state index contributed by atoms with van der Waals surface area (Å²) in [5, 5.41) is 15.5. The molecule has 3 heteroatoms. The molecule has 84 valence electrons. The molecule has 1 fully saturated rings. The van der Waals surface area contributed by atoms with Crippen molar-refractivity contribution in [3.63, 3.8) is 0 Å². The third-order valence-corrected chi connectivity index (χ3v) is 4.35. The van der Waals surface area contributed by atoms with E-state index in [0.29, 0.717) is 6.04 Å². The van der Waals surface area contributed by atoms with Gasteiger partial charge in [-0.15, -0.1) is 11.3 Å². The molecule has 0 saturated heterocycles. The van der Waals surface area contributed by atoms with Gasteiger partial charge in [-0.25, -0.2) is 0 Å². The summed E-state index contributed by atoms with van der Waals surface area (Å²) in [6, 6.07) is 4.64. The Hall–Kier alpha value is -0.380. The molecule has 1 heterocycles. The molecular weight excluding hydrogens is 206 g/mol. The van der Waals surface area contributed by atoms with Crippen LogP contribution in [0.3, 0.4) is 0 Å². The van der Waals surface area contributed by atoms with Crippen molar-refractivity contribution in [1.29, 1.82) is 0 Å². The van der Waals surface area contributed by atoms with E-state index < -0.39 is 0 Å². The predicted molar refractivity (Wildman–Crippen MR) is 64.2 cm³/mol. The lowest BCUT2D eigenvalue weighted by atomic mass is 9.78. The minimum absolute atomic E-state index is 0.345. The van der Waals surface area contributed by atoms with Gasteiger partial charge in [-0.2, -0.15) is 0 Å². The van der Waals surface area contributed by atoms with Crippen LogP contribution in [0, 0.1) is 0 Å². The second kappa shape index (κ2) is 4.64. The third-order valence-electron chi connectivity index (χ3n) is 3.30. The standard InChI is InChI=1S/C12H19NOS/c1-10(11-4-2-9-15-11)13-8-7-12(14)5-3-6-12/h2,4,9-10,13-14H,3,5-8H2,1H3/t10-/m1/s1. The number of nitrogens with one attached hydrogen (secondary N) is 1. The average Bonchev–Trinajstić information content (AvgIpc) is 2.67. The second-order valence-corrected chi connectivity index (χ2v) is 5.50. The molecule has 15 heavy (non-hydrogen) atoms. The number of aliphatic hydroxyl groups is 1. The smallest absolute Gasteiger partial charge is 0.0660 e. The van der Waals surface area contributed by atoms with Crippen LogP contribution in [0.15, 0.2) is 17.5 Å². The van der Waals surface area contributed by atoms with Gasteiger partial charge in [0, 0.05) is 10.9 Å². The van der Waals surface area contributed by atoms with Crippen LogP contribution in [0.5, 0.6) is 0 Å². The summed E-state index contributed by atoms with van der Waals surface area (Å²) in [5.41, 5.74) is -0.345. The van der Waals surface area contributed by atoms with Crippen molar-refractivity contribution in [1.82, 2.24) is 5.32 Å². The molecule has 1 aliphatic carbocycles. The Morgan fingerprint density at radius 3 is 2.93 bits per heavy atom. The lowest BCUT2D eigenvalue weighted by Gasteiger charge is -2.37. The van der Waals surface area contributed by atoms with E-state index in [1.165, 1.54) is 11.3 Å². The summed E-state index contributed by atoms with van der Waals surface area (Å²) >= 11 is 1.78. The Labute approximate surface area is 95.3 Å². The summed E-state index contributed by atoms with van der Waals surface area (Å²) in [6.45, 7) is 3.09. The number of hydrogen-bond donors (Lipinski definition) is 2. The van der Waals surface area contributed by atoms with Crippen LogP contribution in [0.25, 0.3) is 0 Å². The largest absolute Gasteiger partial charge is 0.390 e. The number of rotatable bonds is 5. The molecule has 0 unspecified atom stereocenters. The Bertz CT molecular complexity index is 293. The Morgan fingerprint density at radius 1 is 1.60 bits per heavy atom. The Kier molecular flexibility index (Phi) is 3.44. The van der Waals surface area contributed by atoms with Gasteiger partial charge in [-0.3, -0.25) is 0 Å². The van der Waals surface area contributed by atoms with E-state index in [0.717, 1.165) is 25.8 Å². The van der Waals surface area contributed by atoms with E-state index in [-0.39, 0.29) is 5.60 Å². The molecule has 1 aromatic heterocycles. The van der Waals surface area contributed by atoms with Gasteiger partial charge >= 0.3 is 0 Å².